The first-order valence-electron chi connectivity index (χ1n) is 14.3. The second kappa shape index (κ2) is 10.9. The molecular weight excluding hydrogens is 420 g/mol. The highest BCUT2D eigenvalue weighted by Crippen LogP contribution is 2.70. The topological polar surface area (TPSA) is 60.7 Å². The molecule has 0 radical (unpaired) electrons. The molecule has 0 spiro atoms. The van der Waals surface area contributed by atoms with E-state index in [-0.39, 0.29) is 46.2 Å². The fourth-order valence-electron chi connectivity index (χ4n) is 9.25. The summed E-state index contributed by atoms with van der Waals surface area (Å²) in [5, 5.41) is 32.8. The van der Waals surface area contributed by atoms with Crippen LogP contribution in [0.4, 0.5) is 0 Å². The molecule has 3 N–H and O–H groups in total. The third-order valence-electron chi connectivity index (χ3n) is 11.7. The molecule has 0 aromatic carbocycles. The zero-order valence-electron chi connectivity index (χ0n) is 24.2. The fourth-order valence-corrected chi connectivity index (χ4v) is 9.25. The normalized spacial score (nSPS) is 37.7. The summed E-state index contributed by atoms with van der Waals surface area (Å²) in [6.07, 6.45) is 9.59. The molecule has 2 rings (SSSR count). The van der Waals surface area contributed by atoms with Crippen molar-refractivity contribution in [3.05, 3.63) is 11.6 Å². The lowest BCUT2D eigenvalue weighted by Crippen LogP contribution is -2.63. The zero-order chi connectivity index (χ0) is 26.1. The minimum atomic E-state index is -0.405. The van der Waals surface area contributed by atoms with E-state index in [4.69, 9.17) is 0 Å². The lowest BCUT2D eigenvalue weighted by Gasteiger charge is -2.68. The molecule has 3 nitrogen and oxygen atoms in total. The average Bonchev–Trinajstić information content (AvgIpc) is 2.76. The van der Waals surface area contributed by atoms with E-state index in [1.807, 2.05) is 0 Å². The number of aliphatic hydroxyl groups is 3. The summed E-state index contributed by atoms with van der Waals surface area (Å²) in [5.74, 6) is 1.15. The van der Waals surface area contributed by atoms with Gasteiger partial charge >= 0.3 is 0 Å². The second-order valence-corrected chi connectivity index (χ2v) is 13.7. The van der Waals surface area contributed by atoms with E-state index < -0.39 is 6.10 Å². The van der Waals surface area contributed by atoms with Crippen LogP contribution < -0.4 is 0 Å². The van der Waals surface area contributed by atoms with Crippen LogP contribution in [0.5, 0.6) is 0 Å². The number of aliphatic hydroxyl groups excluding tert-OH is 3. The molecule has 9 atom stereocenters. The van der Waals surface area contributed by atoms with Crippen LogP contribution in [-0.4, -0.2) is 34.1 Å². The van der Waals surface area contributed by atoms with Crippen molar-refractivity contribution in [2.24, 2.45) is 45.3 Å². The third kappa shape index (κ3) is 4.92. The van der Waals surface area contributed by atoms with E-state index in [9.17, 15) is 15.3 Å². The van der Waals surface area contributed by atoms with E-state index in [0.29, 0.717) is 11.8 Å². The summed E-state index contributed by atoms with van der Waals surface area (Å²) in [7, 11) is 0. The van der Waals surface area contributed by atoms with Crippen molar-refractivity contribution in [1.29, 1.82) is 0 Å². The maximum Gasteiger partial charge on any atom is 0.0594 e. The van der Waals surface area contributed by atoms with E-state index >= 15 is 0 Å². The monoisotopic (exact) mass is 478 g/mol. The van der Waals surface area contributed by atoms with Crippen LogP contribution in [0.2, 0.25) is 0 Å². The molecule has 2 saturated carbocycles. The quantitative estimate of drug-likeness (QED) is 0.287. The van der Waals surface area contributed by atoms with E-state index in [2.05, 4.69) is 75.3 Å². The molecule has 0 aromatic heterocycles. The summed E-state index contributed by atoms with van der Waals surface area (Å²) < 4.78 is 0. The summed E-state index contributed by atoms with van der Waals surface area (Å²) in [6.45, 7) is 23.2. The second-order valence-electron chi connectivity index (χ2n) is 13.7. The maximum absolute atomic E-state index is 11.2. The van der Waals surface area contributed by atoms with Gasteiger partial charge in [0.05, 0.1) is 12.2 Å². The van der Waals surface area contributed by atoms with Gasteiger partial charge in [0.1, 0.15) is 0 Å². The Morgan fingerprint density at radius 3 is 2.21 bits per heavy atom. The molecule has 0 heterocycles. The van der Waals surface area contributed by atoms with Gasteiger partial charge in [0, 0.05) is 6.61 Å². The molecular formula is C31H58O3. The van der Waals surface area contributed by atoms with Crippen LogP contribution in [0.25, 0.3) is 0 Å². The molecule has 2 fully saturated rings. The Labute approximate surface area is 211 Å². The van der Waals surface area contributed by atoms with E-state index in [1.54, 1.807) is 0 Å². The van der Waals surface area contributed by atoms with Crippen molar-refractivity contribution in [3.8, 4) is 0 Å². The van der Waals surface area contributed by atoms with Gasteiger partial charge in [-0.05, 0) is 104 Å². The highest BCUT2D eigenvalue weighted by molar-refractivity contribution is 5.13. The maximum atomic E-state index is 11.2. The highest BCUT2D eigenvalue weighted by Gasteiger charge is 2.64. The van der Waals surface area contributed by atoms with Gasteiger partial charge in [0.2, 0.25) is 0 Å². The molecule has 3 heteroatoms. The van der Waals surface area contributed by atoms with Gasteiger partial charge in [-0.25, -0.2) is 0 Å². The van der Waals surface area contributed by atoms with Gasteiger partial charge < -0.3 is 15.3 Å². The van der Waals surface area contributed by atoms with Crippen molar-refractivity contribution in [3.63, 3.8) is 0 Å². The van der Waals surface area contributed by atoms with Crippen molar-refractivity contribution in [1.82, 2.24) is 0 Å². The van der Waals surface area contributed by atoms with Crippen LogP contribution in [0.3, 0.4) is 0 Å². The van der Waals surface area contributed by atoms with Crippen molar-refractivity contribution in [2.45, 2.75) is 133 Å². The van der Waals surface area contributed by atoms with Gasteiger partial charge in [-0.15, -0.1) is 0 Å². The molecule has 0 bridgehead atoms. The summed E-state index contributed by atoms with van der Waals surface area (Å²) in [4.78, 5) is 0. The Morgan fingerprint density at radius 2 is 1.71 bits per heavy atom. The minimum Gasteiger partial charge on any atom is -0.396 e. The van der Waals surface area contributed by atoms with Gasteiger partial charge in [0.25, 0.3) is 0 Å². The Kier molecular flexibility index (Phi) is 9.60. The van der Waals surface area contributed by atoms with Crippen LogP contribution in [0.1, 0.15) is 121 Å². The lowest BCUT2D eigenvalue weighted by atomic mass is 9.37. The molecule has 0 amide bonds. The first kappa shape index (κ1) is 29.8. The fraction of sp³-hybridized carbons (Fsp3) is 0.935. The standard InChI is InChI=1S/C31H58O3/c1-11-25-29(8)18-17-27(34)28(6,7)26(29)16-19-31(25,10)30(9,12-2)23(20-32)22(5)24(33)15-13-14-21(3)4/h14,22-27,32-34H,11-13,15-20H2,1-10H3/t22?,23?,24-,25?,26?,27-,29+,30+,31+/m0/s1. The van der Waals surface area contributed by atoms with Crippen molar-refractivity contribution < 1.29 is 15.3 Å². The molecule has 200 valence electrons. The number of allylic oxidation sites excluding steroid dienone is 2. The lowest BCUT2D eigenvalue weighted by molar-refractivity contribution is -0.214. The number of hydrogen-bond donors (Lipinski definition) is 3. The largest absolute Gasteiger partial charge is 0.396 e. The summed E-state index contributed by atoms with van der Waals surface area (Å²) in [6, 6.07) is 0. The number of rotatable bonds is 10. The Morgan fingerprint density at radius 1 is 1.09 bits per heavy atom. The van der Waals surface area contributed by atoms with Gasteiger partial charge in [0.15, 0.2) is 0 Å². The predicted octanol–water partition coefficient (Wildman–Crippen LogP) is 7.38. The van der Waals surface area contributed by atoms with Crippen molar-refractivity contribution in [2.75, 3.05) is 6.61 Å². The Balaban J connectivity index is 2.44. The first-order valence-corrected chi connectivity index (χ1v) is 14.3. The molecule has 0 aromatic rings. The molecule has 34 heavy (non-hydrogen) atoms. The smallest absolute Gasteiger partial charge is 0.0594 e. The predicted molar refractivity (Wildman–Crippen MR) is 145 cm³/mol. The van der Waals surface area contributed by atoms with E-state index in [0.717, 1.165) is 51.4 Å². The highest BCUT2D eigenvalue weighted by atomic mass is 16.3. The Hall–Kier alpha value is -0.380. The number of fused-ring (bicyclic) bond motifs is 1. The Bertz CT molecular complexity index is 695. The first-order chi connectivity index (χ1) is 15.7. The third-order valence-corrected chi connectivity index (χ3v) is 11.7. The summed E-state index contributed by atoms with van der Waals surface area (Å²) in [5.41, 5.74) is 1.41. The molecule has 2 aliphatic rings. The SMILES string of the molecule is CCC1[C@@]2(C)CC[C@H](O)C(C)(C)C2CC[C@@]1(C)[C@](C)(CC)C(CO)C(C)[C@@H](O)CCC=C(C)C. The summed E-state index contributed by atoms with van der Waals surface area (Å²) >= 11 is 0. The van der Waals surface area contributed by atoms with Crippen LogP contribution in [-0.2, 0) is 0 Å². The van der Waals surface area contributed by atoms with Crippen LogP contribution in [0.15, 0.2) is 11.6 Å². The number of hydrogen-bond acceptors (Lipinski definition) is 3. The van der Waals surface area contributed by atoms with Crippen LogP contribution >= 0.6 is 0 Å². The molecule has 4 unspecified atom stereocenters. The minimum absolute atomic E-state index is 0.0463. The average molecular weight is 479 g/mol. The molecule has 0 saturated heterocycles. The molecule has 0 aliphatic heterocycles. The van der Waals surface area contributed by atoms with Crippen LogP contribution in [0, 0.1) is 45.3 Å². The van der Waals surface area contributed by atoms with Gasteiger partial charge in [-0.1, -0.05) is 73.5 Å². The van der Waals surface area contributed by atoms with Gasteiger partial charge in [-0.2, -0.15) is 0 Å². The van der Waals surface area contributed by atoms with E-state index in [1.165, 1.54) is 5.57 Å². The van der Waals surface area contributed by atoms with Crippen molar-refractivity contribution >= 4 is 0 Å². The zero-order valence-corrected chi connectivity index (χ0v) is 24.2. The molecule has 2 aliphatic carbocycles. The van der Waals surface area contributed by atoms with Gasteiger partial charge in [-0.3, -0.25) is 0 Å².